The number of carbonyl (C=O) groups is 1. The number of pyridine rings is 1. The van der Waals surface area contributed by atoms with Crippen molar-refractivity contribution in [3.05, 3.63) is 52.6 Å². The van der Waals surface area contributed by atoms with Gasteiger partial charge in [-0.1, -0.05) is 29.3 Å². The van der Waals surface area contributed by atoms with Gasteiger partial charge in [0.1, 0.15) is 5.75 Å². The molecule has 1 aromatic heterocycles. The van der Waals surface area contributed by atoms with Crippen molar-refractivity contribution < 1.29 is 14.5 Å². The second-order valence-corrected chi connectivity index (χ2v) is 4.94. The van der Waals surface area contributed by atoms with Gasteiger partial charge in [-0.2, -0.15) is 0 Å². The Balaban J connectivity index is 2.00. The number of benzene rings is 1. The van der Waals surface area contributed by atoms with E-state index in [2.05, 4.69) is 10.3 Å². The number of hydrogen-bond acceptors (Lipinski definition) is 2. The van der Waals surface area contributed by atoms with Gasteiger partial charge in [-0.25, -0.2) is 15.1 Å². The lowest BCUT2D eigenvalue weighted by atomic mass is 10.3. The number of aromatic nitrogens is 1. The number of hydrogen-bond donors (Lipinski definition) is 1. The second kappa shape index (κ2) is 6.59. The van der Waals surface area contributed by atoms with Crippen molar-refractivity contribution in [2.45, 2.75) is 13.0 Å². The first-order valence-electron chi connectivity index (χ1n) is 5.95. The zero-order chi connectivity index (χ0) is 14.5. The largest absolute Gasteiger partial charge is 0.477 e. The van der Waals surface area contributed by atoms with Crippen molar-refractivity contribution in [3.8, 4) is 5.75 Å². The average Bonchev–Trinajstić information content (AvgIpc) is 2.43. The van der Waals surface area contributed by atoms with Crippen molar-refractivity contribution in [2.24, 2.45) is 0 Å². The highest BCUT2D eigenvalue weighted by molar-refractivity contribution is 6.35. The van der Waals surface area contributed by atoms with Gasteiger partial charge in [-0.05, 0) is 31.2 Å². The standard InChI is InChI=1S/C14H12Cl2N2O2/c1-9(14(19)18-13-4-2-3-7-17-13)20-12-6-5-10(15)8-11(12)16/h2-9H,1H3,(H,17,18,19)/p+1. The predicted molar refractivity (Wildman–Crippen MR) is 78.2 cm³/mol. The minimum Gasteiger partial charge on any atom is -0.477 e. The molecule has 1 aromatic carbocycles. The Labute approximate surface area is 126 Å². The Morgan fingerprint density at radius 3 is 2.75 bits per heavy atom. The number of carbonyl (C=O) groups excluding carboxylic acids is 1. The third kappa shape index (κ3) is 3.85. The molecule has 0 spiro atoms. The summed E-state index contributed by atoms with van der Waals surface area (Å²) < 4.78 is 5.52. The number of H-pyrrole nitrogens is 1. The first kappa shape index (κ1) is 14.6. The summed E-state index contributed by atoms with van der Waals surface area (Å²) in [5.41, 5.74) is 0. The fourth-order valence-corrected chi connectivity index (χ4v) is 1.97. The van der Waals surface area contributed by atoms with Gasteiger partial charge in [0.15, 0.2) is 6.10 Å². The summed E-state index contributed by atoms with van der Waals surface area (Å²) in [4.78, 5) is 14.9. The molecule has 2 N–H and O–H groups in total. The highest BCUT2D eigenvalue weighted by Crippen LogP contribution is 2.28. The lowest BCUT2D eigenvalue weighted by Crippen LogP contribution is -2.32. The van der Waals surface area contributed by atoms with Crippen molar-refractivity contribution in [2.75, 3.05) is 5.32 Å². The van der Waals surface area contributed by atoms with Crippen molar-refractivity contribution in [1.29, 1.82) is 0 Å². The number of rotatable bonds is 4. The Kier molecular flexibility index (Phi) is 4.82. The summed E-state index contributed by atoms with van der Waals surface area (Å²) in [5, 5.41) is 3.58. The van der Waals surface area contributed by atoms with Crippen LogP contribution >= 0.6 is 23.2 Å². The summed E-state index contributed by atoms with van der Waals surface area (Å²) >= 11 is 11.8. The van der Waals surface area contributed by atoms with Crippen LogP contribution in [0.25, 0.3) is 0 Å². The summed E-state index contributed by atoms with van der Waals surface area (Å²) in [6.07, 6.45) is 1.03. The lowest BCUT2D eigenvalue weighted by Gasteiger charge is -2.12. The van der Waals surface area contributed by atoms with Gasteiger partial charge in [0.2, 0.25) is 0 Å². The second-order valence-electron chi connectivity index (χ2n) is 4.10. The van der Waals surface area contributed by atoms with Crippen LogP contribution in [0.2, 0.25) is 10.0 Å². The maximum absolute atomic E-state index is 12.0. The van der Waals surface area contributed by atoms with Gasteiger partial charge in [-0.15, -0.1) is 0 Å². The fraction of sp³-hybridized carbons (Fsp3) is 0.143. The van der Waals surface area contributed by atoms with E-state index in [1.165, 1.54) is 0 Å². The molecule has 1 atom stereocenters. The van der Waals surface area contributed by atoms with Crippen LogP contribution in [0, 0.1) is 0 Å². The molecular formula is C14H13Cl2N2O2+. The van der Waals surface area contributed by atoms with Gasteiger partial charge >= 0.3 is 5.91 Å². The number of anilines is 1. The van der Waals surface area contributed by atoms with E-state index in [4.69, 9.17) is 27.9 Å². The molecule has 0 aliphatic heterocycles. The Morgan fingerprint density at radius 1 is 1.30 bits per heavy atom. The molecule has 104 valence electrons. The zero-order valence-corrected chi connectivity index (χ0v) is 12.2. The molecule has 0 bridgehead atoms. The molecule has 0 fully saturated rings. The van der Waals surface area contributed by atoms with Gasteiger partial charge < -0.3 is 4.74 Å². The fourth-order valence-electron chi connectivity index (χ4n) is 1.52. The number of ether oxygens (including phenoxy) is 1. The molecule has 0 aliphatic carbocycles. The Hall–Kier alpha value is -1.78. The molecule has 6 heteroatoms. The van der Waals surface area contributed by atoms with E-state index in [-0.39, 0.29) is 5.91 Å². The van der Waals surface area contributed by atoms with E-state index in [0.29, 0.717) is 21.6 Å². The summed E-state index contributed by atoms with van der Waals surface area (Å²) in [7, 11) is 0. The first-order valence-corrected chi connectivity index (χ1v) is 6.71. The van der Waals surface area contributed by atoms with Crippen molar-refractivity contribution in [1.82, 2.24) is 0 Å². The van der Waals surface area contributed by atoms with Crippen LogP contribution in [-0.2, 0) is 4.79 Å². The van der Waals surface area contributed by atoms with E-state index in [9.17, 15) is 4.79 Å². The molecule has 4 nitrogen and oxygen atoms in total. The molecule has 2 aromatic rings. The molecular weight excluding hydrogens is 299 g/mol. The quantitative estimate of drug-likeness (QED) is 0.942. The van der Waals surface area contributed by atoms with Crippen LogP contribution in [-0.4, -0.2) is 12.0 Å². The minimum absolute atomic E-state index is 0.279. The molecule has 0 radical (unpaired) electrons. The van der Waals surface area contributed by atoms with Gasteiger partial charge in [0, 0.05) is 11.1 Å². The number of aromatic amines is 1. The molecule has 2 rings (SSSR count). The van der Waals surface area contributed by atoms with Crippen LogP contribution in [0.4, 0.5) is 5.82 Å². The maximum Gasteiger partial charge on any atom is 0.348 e. The number of halogens is 2. The van der Waals surface area contributed by atoms with Crippen LogP contribution in [0.3, 0.4) is 0 Å². The predicted octanol–water partition coefficient (Wildman–Crippen LogP) is 3.21. The number of amides is 1. The summed E-state index contributed by atoms with van der Waals surface area (Å²) in [5.74, 6) is 0.726. The van der Waals surface area contributed by atoms with Crippen molar-refractivity contribution in [3.63, 3.8) is 0 Å². The van der Waals surface area contributed by atoms with Crippen LogP contribution in [0.5, 0.6) is 5.75 Å². The molecule has 1 amide bonds. The third-order valence-electron chi connectivity index (χ3n) is 2.53. The van der Waals surface area contributed by atoms with Gasteiger partial charge in [0.05, 0.1) is 11.2 Å². The van der Waals surface area contributed by atoms with E-state index >= 15 is 0 Å². The first-order chi connectivity index (χ1) is 9.56. The topological polar surface area (TPSA) is 52.5 Å². The highest BCUT2D eigenvalue weighted by Gasteiger charge is 2.21. The SMILES string of the molecule is CC(Oc1ccc(Cl)cc1Cl)C(=O)Nc1cccc[nH+]1. The maximum atomic E-state index is 12.0. The van der Waals surface area contributed by atoms with Crippen LogP contribution < -0.4 is 15.0 Å². The average molecular weight is 312 g/mol. The smallest absolute Gasteiger partial charge is 0.348 e. The third-order valence-corrected chi connectivity index (χ3v) is 3.06. The minimum atomic E-state index is -0.692. The van der Waals surface area contributed by atoms with E-state index in [1.807, 2.05) is 12.1 Å². The monoisotopic (exact) mass is 311 g/mol. The zero-order valence-electron chi connectivity index (χ0n) is 10.7. The summed E-state index contributed by atoms with van der Waals surface area (Å²) in [6, 6.07) is 10.2. The molecule has 1 unspecified atom stereocenters. The molecule has 1 heterocycles. The normalized spacial score (nSPS) is 11.8. The Bertz CT molecular complexity index is 605. The van der Waals surface area contributed by atoms with E-state index in [0.717, 1.165) is 0 Å². The molecule has 20 heavy (non-hydrogen) atoms. The molecule has 0 saturated carbocycles. The van der Waals surface area contributed by atoms with E-state index in [1.54, 1.807) is 37.4 Å². The lowest BCUT2D eigenvalue weighted by molar-refractivity contribution is -0.360. The molecule has 0 saturated heterocycles. The van der Waals surface area contributed by atoms with Crippen molar-refractivity contribution >= 4 is 34.9 Å². The summed E-state index contributed by atoms with van der Waals surface area (Å²) in [6.45, 7) is 1.64. The van der Waals surface area contributed by atoms with Gasteiger partial charge in [0.25, 0.3) is 5.82 Å². The molecule has 0 aliphatic rings. The van der Waals surface area contributed by atoms with Crippen LogP contribution in [0.1, 0.15) is 6.92 Å². The highest BCUT2D eigenvalue weighted by atomic mass is 35.5. The van der Waals surface area contributed by atoms with Crippen LogP contribution in [0.15, 0.2) is 42.6 Å². The Morgan fingerprint density at radius 2 is 2.10 bits per heavy atom. The van der Waals surface area contributed by atoms with Gasteiger partial charge in [-0.3, -0.25) is 0 Å². The number of nitrogens with one attached hydrogen (secondary N) is 2. The van der Waals surface area contributed by atoms with E-state index < -0.39 is 6.10 Å².